The first-order valence-corrected chi connectivity index (χ1v) is 5.45. The first kappa shape index (κ1) is 11.1. The van der Waals surface area contributed by atoms with E-state index in [9.17, 15) is 0 Å². The fourth-order valence-corrected chi connectivity index (χ4v) is 1.75. The van der Waals surface area contributed by atoms with Gasteiger partial charge in [0, 0.05) is 24.9 Å². The van der Waals surface area contributed by atoms with Crippen LogP contribution in [0.25, 0.3) is 0 Å². The Morgan fingerprint density at radius 1 is 1.56 bits per heavy atom. The Morgan fingerprint density at radius 2 is 2.44 bits per heavy atom. The highest BCUT2D eigenvalue weighted by molar-refractivity contribution is 5.41. The molecule has 4 N–H and O–H groups in total. The van der Waals surface area contributed by atoms with Crippen molar-refractivity contribution in [1.82, 2.24) is 9.97 Å². The van der Waals surface area contributed by atoms with Gasteiger partial charge in [0.2, 0.25) is 5.95 Å². The molecule has 0 aliphatic carbocycles. The second-order valence-electron chi connectivity index (χ2n) is 3.88. The van der Waals surface area contributed by atoms with Crippen molar-refractivity contribution in [3.8, 4) is 0 Å². The van der Waals surface area contributed by atoms with Crippen molar-refractivity contribution in [3.05, 3.63) is 11.8 Å². The van der Waals surface area contributed by atoms with Crippen LogP contribution in [0.2, 0.25) is 0 Å². The standard InChI is InChI=1S/C10H17N5O/c1-7-5-9(14-10(13-7)15-11)12-6-8-3-2-4-16-8/h5,8H,2-4,6,11H2,1H3,(H2,12,13,14,15). The molecule has 0 bridgehead atoms. The van der Waals surface area contributed by atoms with E-state index >= 15 is 0 Å². The molecule has 1 aliphatic heterocycles. The number of hydrogen-bond acceptors (Lipinski definition) is 6. The number of anilines is 2. The molecule has 6 heteroatoms. The lowest BCUT2D eigenvalue weighted by molar-refractivity contribution is 0.120. The van der Waals surface area contributed by atoms with Crippen LogP contribution in [0.15, 0.2) is 6.07 Å². The Balaban J connectivity index is 1.94. The molecule has 1 atom stereocenters. The number of hydrazine groups is 1. The van der Waals surface area contributed by atoms with Crippen LogP contribution in [-0.2, 0) is 4.74 Å². The average Bonchev–Trinajstić information content (AvgIpc) is 2.78. The Kier molecular flexibility index (Phi) is 3.53. The zero-order chi connectivity index (χ0) is 11.4. The second kappa shape index (κ2) is 5.09. The molecule has 1 aromatic heterocycles. The Morgan fingerprint density at radius 3 is 3.12 bits per heavy atom. The lowest BCUT2D eigenvalue weighted by Gasteiger charge is -2.12. The summed E-state index contributed by atoms with van der Waals surface area (Å²) in [5.41, 5.74) is 3.32. The normalized spacial score (nSPS) is 19.8. The largest absolute Gasteiger partial charge is 0.376 e. The van der Waals surface area contributed by atoms with Crippen molar-refractivity contribution in [2.45, 2.75) is 25.9 Å². The van der Waals surface area contributed by atoms with E-state index in [1.54, 1.807) is 0 Å². The van der Waals surface area contributed by atoms with Crippen LogP contribution in [0.3, 0.4) is 0 Å². The first-order valence-electron chi connectivity index (χ1n) is 5.45. The summed E-state index contributed by atoms with van der Waals surface area (Å²) in [6.45, 7) is 3.55. The van der Waals surface area contributed by atoms with Gasteiger partial charge in [-0.1, -0.05) is 0 Å². The van der Waals surface area contributed by atoms with Crippen LogP contribution in [0.4, 0.5) is 11.8 Å². The molecule has 0 saturated carbocycles. The Hall–Kier alpha value is -1.40. The number of rotatable bonds is 4. The zero-order valence-electron chi connectivity index (χ0n) is 9.36. The van der Waals surface area contributed by atoms with E-state index in [-0.39, 0.29) is 0 Å². The molecule has 6 nitrogen and oxygen atoms in total. The maximum absolute atomic E-state index is 5.52. The van der Waals surface area contributed by atoms with Crippen LogP contribution < -0.4 is 16.6 Å². The smallest absolute Gasteiger partial charge is 0.239 e. The molecule has 0 radical (unpaired) electrons. The van der Waals surface area contributed by atoms with Gasteiger partial charge in [0.15, 0.2) is 0 Å². The maximum Gasteiger partial charge on any atom is 0.239 e. The minimum absolute atomic E-state index is 0.296. The number of nitrogen functional groups attached to an aromatic ring is 1. The molecule has 1 aliphatic rings. The molecule has 2 rings (SSSR count). The number of nitrogens with two attached hydrogens (primary N) is 1. The summed E-state index contributed by atoms with van der Waals surface area (Å²) in [6.07, 6.45) is 2.55. The van der Waals surface area contributed by atoms with Gasteiger partial charge in [-0.05, 0) is 19.8 Å². The summed E-state index contributed by atoms with van der Waals surface area (Å²) in [6, 6.07) is 1.88. The van der Waals surface area contributed by atoms with Gasteiger partial charge in [0.1, 0.15) is 5.82 Å². The summed E-state index contributed by atoms with van der Waals surface area (Å²) in [4.78, 5) is 8.31. The highest BCUT2D eigenvalue weighted by atomic mass is 16.5. The number of aryl methyl sites for hydroxylation is 1. The predicted molar refractivity (Wildman–Crippen MR) is 62.0 cm³/mol. The molecule has 2 heterocycles. The Labute approximate surface area is 94.6 Å². The molecule has 16 heavy (non-hydrogen) atoms. The van der Waals surface area contributed by atoms with Crippen molar-refractivity contribution in [2.24, 2.45) is 5.84 Å². The van der Waals surface area contributed by atoms with Gasteiger partial charge < -0.3 is 10.1 Å². The molecular formula is C10H17N5O. The van der Waals surface area contributed by atoms with Gasteiger partial charge in [-0.2, -0.15) is 4.98 Å². The summed E-state index contributed by atoms with van der Waals surface area (Å²) in [5, 5.41) is 3.23. The quantitative estimate of drug-likeness (QED) is 0.513. The summed E-state index contributed by atoms with van der Waals surface area (Å²) < 4.78 is 5.52. The van der Waals surface area contributed by atoms with Crippen molar-refractivity contribution in [2.75, 3.05) is 23.9 Å². The van der Waals surface area contributed by atoms with Crippen LogP contribution in [0, 0.1) is 6.92 Å². The van der Waals surface area contributed by atoms with Crippen LogP contribution in [0.1, 0.15) is 18.5 Å². The topological polar surface area (TPSA) is 85.1 Å². The SMILES string of the molecule is Cc1cc(NCC2CCCO2)nc(NN)n1. The van der Waals surface area contributed by atoms with E-state index in [1.165, 1.54) is 0 Å². The number of ether oxygens (including phenoxy) is 1. The summed E-state index contributed by atoms with van der Waals surface area (Å²) in [5.74, 6) is 6.48. The zero-order valence-corrected chi connectivity index (χ0v) is 9.36. The lowest BCUT2D eigenvalue weighted by atomic mass is 10.2. The van der Waals surface area contributed by atoms with Crippen LogP contribution in [0.5, 0.6) is 0 Å². The minimum atomic E-state index is 0.296. The van der Waals surface area contributed by atoms with Crippen LogP contribution in [-0.4, -0.2) is 29.2 Å². The van der Waals surface area contributed by atoms with Gasteiger partial charge in [0.25, 0.3) is 0 Å². The fourth-order valence-electron chi connectivity index (χ4n) is 1.75. The van der Waals surface area contributed by atoms with Crippen LogP contribution >= 0.6 is 0 Å². The average molecular weight is 223 g/mol. The molecule has 0 aromatic carbocycles. The third kappa shape index (κ3) is 2.80. The van der Waals surface area contributed by atoms with Crippen molar-refractivity contribution in [1.29, 1.82) is 0 Å². The first-order chi connectivity index (χ1) is 7.78. The van der Waals surface area contributed by atoms with Crippen molar-refractivity contribution < 1.29 is 4.74 Å². The number of nitrogens with zero attached hydrogens (tertiary/aromatic N) is 2. The van der Waals surface area contributed by atoms with E-state index in [0.29, 0.717) is 12.1 Å². The number of nitrogens with one attached hydrogen (secondary N) is 2. The van der Waals surface area contributed by atoms with E-state index < -0.39 is 0 Å². The monoisotopic (exact) mass is 223 g/mol. The van der Waals surface area contributed by atoms with Gasteiger partial charge in [-0.3, -0.25) is 5.43 Å². The molecule has 1 unspecified atom stereocenters. The van der Waals surface area contributed by atoms with Crippen molar-refractivity contribution in [3.63, 3.8) is 0 Å². The van der Waals surface area contributed by atoms with E-state index in [4.69, 9.17) is 10.6 Å². The molecule has 88 valence electrons. The highest BCUT2D eigenvalue weighted by Gasteiger charge is 2.15. The fraction of sp³-hybridized carbons (Fsp3) is 0.600. The molecule has 0 spiro atoms. The predicted octanol–water partition coefficient (Wildman–Crippen LogP) is 0.662. The van der Waals surface area contributed by atoms with E-state index in [2.05, 4.69) is 20.7 Å². The van der Waals surface area contributed by atoms with Crippen molar-refractivity contribution >= 4 is 11.8 Å². The summed E-state index contributed by atoms with van der Waals surface area (Å²) >= 11 is 0. The lowest BCUT2D eigenvalue weighted by Crippen LogP contribution is -2.20. The second-order valence-corrected chi connectivity index (χ2v) is 3.88. The maximum atomic E-state index is 5.52. The number of aromatic nitrogens is 2. The van der Waals surface area contributed by atoms with Gasteiger partial charge >= 0.3 is 0 Å². The van der Waals surface area contributed by atoms with Gasteiger partial charge in [-0.25, -0.2) is 10.8 Å². The van der Waals surface area contributed by atoms with E-state index in [1.807, 2.05) is 13.0 Å². The third-order valence-electron chi connectivity index (χ3n) is 2.52. The highest BCUT2D eigenvalue weighted by Crippen LogP contribution is 2.14. The van der Waals surface area contributed by atoms with E-state index in [0.717, 1.165) is 37.5 Å². The minimum Gasteiger partial charge on any atom is -0.376 e. The third-order valence-corrected chi connectivity index (χ3v) is 2.52. The molecular weight excluding hydrogens is 206 g/mol. The molecule has 0 amide bonds. The summed E-state index contributed by atoms with van der Waals surface area (Å²) in [7, 11) is 0. The molecule has 1 saturated heterocycles. The Bertz CT molecular complexity index is 351. The number of hydrogen-bond donors (Lipinski definition) is 3. The molecule has 1 fully saturated rings. The molecule has 1 aromatic rings. The van der Waals surface area contributed by atoms with Gasteiger partial charge in [-0.15, -0.1) is 0 Å². The van der Waals surface area contributed by atoms with Gasteiger partial charge in [0.05, 0.1) is 6.10 Å².